The molecular weight excluding hydrogens is 515 g/mol. The van der Waals surface area contributed by atoms with Gasteiger partial charge in [0.25, 0.3) is 0 Å². The molecule has 3 aromatic rings. The SMILES string of the molecule is CCCCN(C(=O)CN1CC(c2ccc3c(c2)OCO3)[C@H](C(=O)O)[C@H]1c1ccc(OC)cc1)c1ccccc1F. The molecular formula is C31H33FN2O6. The fourth-order valence-electron chi connectivity index (χ4n) is 5.70. The minimum atomic E-state index is -0.963. The zero-order valence-corrected chi connectivity index (χ0v) is 22.6. The first-order valence-electron chi connectivity index (χ1n) is 13.5. The van der Waals surface area contributed by atoms with Crippen LogP contribution in [0.25, 0.3) is 0 Å². The summed E-state index contributed by atoms with van der Waals surface area (Å²) in [4.78, 5) is 30.0. The number of para-hydroxylation sites is 1. The first kappa shape index (κ1) is 27.5. The van der Waals surface area contributed by atoms with E-state index in [1.165, 1.54) is 11.0 Å². The number of amides is 1. The molecule has 0 bridgehead atoms. The van der Waals surface area contributed by atoms with Crippen molar-refractivity contribution in [1.29, 1.82) is 0 Å². The average Bonchev–Trinajstić information content (AvgIpc) is 3.58. The molecule has 2 aliphatic heterocycles. The number of hydrogen-bond acceptors (Lipinski definition) is 6. The van der Waals surface area contributed by atoms with Gasteiger partial charge >= 0.3 is 5.97 Å². The predicted octanol–water partition coefficient (Wildman–Crippen LogP) is 5.24. The number of carboxylic acid groups (broad SMARTS) is 1. The van der Waals surface area contributed by atoms with Crippen molar-refractivity contribution in [2.24, 2.45) is 5.92 Å². The van der Waals surface area contributed by atoms with E-state index in [2.05, 4.69) is 0 Å². The van der Waals surface area contributed by atoms with E-state index in [4.69, 9.17) is 14.2 Å². The number of benzene rings is 3. The molecule has 3 atom stereocenters. The molecule has 1 saturated heterocycles. The molecule has 1 fully saturated rings. The number of likely N-dealkylation sites (tertiary alicyclic amines) is 1. The lowest BCUT2D eigenvalue weighted by molar-refractivity contribution is -0.143. The molecule has 9 heteroatoms. The minimum absolute atomic E-state index is 0.0699. The summed E-state index contributed by atoms with van der Waals surface area (Å²) in [6.45, 7) is 2.74. The molecule has 3 aromatic carbocycles. The number of halogens is 1. The number of rotatable bonds is 10. The summed E-state index contributed by atoms with van der Waals surface area (Å²) in [5.74, 6) is -1.16. The Kier molecular flexibility index (Phi) is 8.21. The highest BCUT2D eigenvalue weighted by molar-refractivity contribution is 5.95. The third-order valence-electron chi connectivity index (χ3n) is 7.68. The fraction of sp³-hybridized carbons (Fsp3) is 0.355. The van der Waals surface area contributed by atoms with Crippen molar-refractivity contribution < 1.29 is 33.3 Å². The predicted molar refractivity (Wildman–Crippen MR) is 147 cm³/mol. The van der Waals surface area contributed by atoms with Gasteiger partial charge in [-0.25, -0.2) is 4.39 Å². The lowest BCUT2D eigenvalue weighted by Crippen LogP contribution is -2.42. The van der Waals surface area contributed by atoms with Crippen LogP contribution in [0.3, 0.4) is 0 Å². The Morgan fingerprint density at radius 2 is 1.77 bits per heavy atom. The van der Waals surface area contributed by atoms with Crippen molar-refractivity contribution in [1.82, 2.24) is 4.90 Å². The van der Waals surface area contributed by atoms with Crippen LogP contribution in [-0.2, 0) is 9.59 Å². The van der Waals surface area contributed by atoms with E-state index in [1.807, 2.05) is 36.1 Å². The standard InChI is InChI=1S/C31H33FN2O6/c1-3-4-15-34(25-8-6-5-7-24(25)32)28(35)18-33-17-23(21-11-14-26-27(16-21)40-19-39-26)29(31(36)37)30(33)20-9-12-22(38-2)13-10-20/h5-14,16,23,29-30H,3-4,15,17-19H2,1-2H3,(H,36,37)/t23?,29-,30+/m0/s1. The maximum Gasteiger partial charge on any atom is 0.309 e. The molecule has 1 unspecified atom stereocenters. The summed E-state index contributed by atoms with van der Waals surface area (Å²) in [5, 5.41) is 10.5. The topological polar surface area (TPSA) is 88.5 Å². The lowest BCUT2D eigenvalue weighted by atomic mass is 9.82. The molecule has 40 heavy (non-hydrogen) atoms. The van der Waals surface area contributed by atoms with Crippen LogP contribution in [-0.4, -0.2) is 55.4 Å². The summed E-state index contributed by atoms with van der Waals surface area (Å²) in [6, 6.07) is 18.4. The molecule has 0 aromatic heterocycles. The zero-order chi connectivity index (χ0) is 28.2. The maximum absolute atomic E-state index is 14.8. The number of hydrogen-bond donors (Lipinski definition) is 1. The fourth-order valence-corrected chi connectivity index (χ4v) is 5.70. The highest BCUT2D eigenvalue weighted by Gasteiger charge is 2.48. The number of anilines is 1. The number of ether oxygens (including phenoxy) is 3. The molecule has 8 nitrogen and oxygen atoms in total. The van der Waals surface area contributed by atoms with Gasteiger partial charge in [-0.1, -0.05) is 43.7 Å². The third-order valence-corrected chi connectivity index (χ3v) is 7.68. The van der Waals surface area contributed by atoms with E-state index in [0.717, 1.165) is 17.5 Å². The van der Waals surface area contributed by atoms with E-state index in [9.17, 15) is 19.1 Å². The highest BCUT2D eigenvalue weighted by Crippen LogP contribution is 2.48. The normalized spacial score (nSPS) is 19.9. The van der Waals surface area contributed by atoms with Crippen LogP contribution < -0.4 is 19.1 Å². The quantitative estimate of drug-likeness (QED) is 0.371. The van der Waals surface area contributed by atoms with Gasteiger partial charge in [0.05, 0.1) is 25.3 Å². The minimum Gasteiger partial charge on any atom is -0.497 e. The Labute approximate surface area is 232 Å². The Balaban J connectivity index is 1.51. The summed E-state index contributed by atoms with van der Waals surface area (Å²) < 4.78 is 31.1. The number of carbonyl (C=O) groups excluding carboxylic acids is 1. The van der Waals surface area contributed by atoms with Crippen molar-refractivity contribution in [2.45, 2.75) is 31.7 Å². The summed E-state index contributed by atoms with van der Waals surface area (Å²) >= 11 is 0. The van der Waals surface area contributed by atoms with Crippen molar-refractivity contribution in [3.05, 3.63) is 83.7 Å². The highest BCUT2D eigenvalue weighted by atomic mass is 19.1. The van der Waals surface area contributed by atoms with Crippen molar-refractivity contribution >= 4 is 17.6 Å². The molecule has 2 heterocycles. The lowest BCUT2D eigenvalue weighted by Gasteiger charge is -2.30. The Hall–Kier alpha value is -4.11. The monoisotopic (exact) mass is 548 g/mol. The second-order valence-corrected chi connectivity index (χ2v) is 10.1. The molecule has 2 aliphatic rings. The van der Waals surface area contributed by atoms with E-state index in [1.54, 1.807) is 43.5 Å². The van der Waals surface area contributed by atoms with Crippen LogP contribution in [0.4, 0.5) is 10.1 Å². The van der Waals surface area contributed by atoms with Gasteiger partial charge < -0.3 is 24.2 Å². The van der Waals surface area contributed by atoms with Crippen molar-refractivity contribution in [3.63, 3.8) is 0 Å². The van der Waals surface area contributed by atoms with E-state index < -0.39 is 29.7 Å². The number of methoxy groups -OCH3 is 1. The van der Waals surface area contributed by atoms with Gasteiger partial charge in [-0.3, -0.25) is 14.5 Å². The maximum atomic E-state index is 14.8. The van der Waals surface area contributed by atoms with Crippen molar-refractivity contribution in [3.8, 4) is 17.2 Å². The first-order valence-corrected chi connectivity index (χ1v) is 13.5. The van der Waals surface area contributed by atoms with Crippen LogP contribution in [0.5, 0.6) is 17.2 Å². The van der Waals surface area contributed by atoms with E-state index >= 15 is 0 Å². The smallest absolute Gasteiger partial charge is 0.309 e. The van der Waals surface area contributed by atoms with Crippen LogP contribution in [0.1, 0.15) is 42.9 Å². The number of unbranched alkanes of at least 4 members (excludes halogenated alkanes) is 1. The number of aliphatic carboxylic acids is 1. The van der Waals surface area contributed by atoms with Crippen LogP contribution in [0, 0.1) is 11.7 Å². The van der Waals surface area contributed by atoms with Crippen LogP contribution >= 0.6 is 0 Å². The molecule has 5 rings (SSSR count). The van der Waals surface area contributed by atoms with Gasteiger partial charge in [-0.2, -0.15) is 0 Å². The zero-order valence-electron chi connectivity index (χ0n) is 22.6. The number of carboxylic acids is 1. The summed E-state index contributed by atoms with van der Waals surface area (Å²) in [7, 11) is 1.57. The number of carbonyl (C=O) groups is 2. The average molecular weight is 549 g/mol. The Morgan fingerprint density at radius 3 is 2.48 bits per heavy atom. The van der Waals surface area contributed by atoms with Gasteiger partial charge in [0.15, 0.2) is 11.5 Å². The largest absolute Gasteiger partial charge is 0.497 e. The molecule has 1 N–H and O–H groups in total. The molecule has 0 radical (unpaired) electrons. The molecule has 0 saturated carbocycles. The van der Waals surface area contributed by atoms with Gasteiger partial charge in [0, 0.05) is 25.0 Å². The van der Waals surface area contributed by atoms with Crippen LogP contribution in [0.15, 0.2) is 66.7 Å². The summed E-state index contributed by atoms with van der Waals surface area (Å²) in [6.07, 6.45) is 1.54. The first-order chi connectivity index (χ1) is 19.4. The molecule has 0 aliphatic carbocycles. The van der Waals surface area contributed by atoms with Gasteiger partial charge in [-0.05, 0) is 53.9 Å². The van der Waals surface area contributed by atoms with Gasteiger partial charge in [0.1, 0.15) is 11.6 Å². The Morgan fingerprint density at radius 1 is 1.05 bits per heavy atom. The molecule has 210 valence electrons. The van der Waals surface area contributed by atoms with Gasteiger partial charge in [0.2, 0.25) is 12.7 Å². The number of fused-ring (bicyclic) bond motifs is 1. The Bertz CT molecular complexity index is 1360. The van der Waals surface area contributed by atoms with Crippen molar-refractivity contribution in [2.75, 3.05) is 38.4 Å². The van der Waals surface area contributed by atoms with Gasteiger partial charge in [-0.15, -0.1) is 0 Å². The second kappa shape index (κ2) is 12.0. The van der Waals surface area contributed by atoms with E-state index in [0.29, 0.717) is 36.8 Å². The molecule has 1 amide bonds. The van der Waals surface area contributed by atoms with E-state index in [-0.39, 0.29) is 24.9 Å². The number of nitrogens with zero attached hydrogens (tertiary/aromatic N) is 2. The molecule has 0 spiro atoms. The summed E-state index contributed by atoms with van der Waals surface area (Å²) in [5.41, 5.74) is 1.78. The second-order valence-electron chi connectivity index (χ2n) is 10.1. The van der Waals surface area contributed by atoms with Crippen LogP contribution in [0.2, 0.25) is 0 Å². The third kappa shape index (κ3) is 5.47.